The minimum Gasteiger partial charge on any atom is -0.392 e. The lowest BCUT2D eigenvalue weighted by atomic mass is 10.3. The van der Waals surface area contributed by atoms with Crippen molar-refractivity contribution in [3.63, 3.8) is 0 Å². The van der Waals surface area contributed by atoms with Gasteiger partial charge in [-0.05, 0) is 6.42 Å². The molecule has 1 rings (SSSR count). The Morgan fingerprint density at radius 2 is 2.44 bits per heavy atom. The van der Waals surface area contributed by atoms with Crippen LogP contribution in [0.15, 0.2) is 0 Å². The summed E-state index contributed by atoms with van der Waals surface area (Å²) in [5, 5.41) is 17.7. The molecule has 5 nitrogen and oxygen atoms in total. The maximum Gasteiger partial charge on any atom is 0.223 e. The van der Waals surface area contributed by atoms with Crippen LogP contribution in [0.3, 0.4) is 0 Å². The second kappa shape index (κ2) is 6.46. The minimum absolute atomic E-state index is 0.0663. The second-order valence-corrected chi connectivity index (χ2v) is 4.22. The molecule has 0 bridgehead atoms. The van der Waals surface area contributed by atoms with Crippen LogP contribution in [0, 0.1) is 11.3 Å². The number of β-amino-alcohol motifs (C(OH)–C–C–N with tert-alkyl or cyclic N) is 1. The second-order valence-electron chi connectivity index (χ2n) is 4.22. The lowest BCUT2D eigenvalue weighted by molar-refractivity contribution is -0.130. The number of aliphatic hydroxyl groups is 1. The van der Waals surface area contributed by atoms with Crippen molar-refractivity contribution in [3.8, 4) is 6.07 Å². The molecule has 0 spiro atoms. The fraction of sp³-hybridized carbons (Fsp3) is 0.818. The van der Waals surface area contributed by atoms with Crippen LogP contribution in [0.2, 0.25) is 0 Å². The van der Waals surface area contributed by atoms with E-state index in [9.17, 15) is 9.90 Å². The Labute approximate surface area is 96.3 Å². The van der Waals surface area contributed by atoms with Gasteiger partial charge in [0.1, 0.15) is 0 Å². The summed E-state index contributed by atoms with van der Waals surface area (Å²) in [4.78, 5) is 15.3. The van der Waals surface area contributed by atoms with Crippen LogP contribution in [-0.4, -0.2) is 60.1 Å². The van der Waals surface area contributed by atoms with E-state index < -0.39 is 0 Å². The zero-order valence-corrected chi connectivity index (χ0v) is 9.72. The Kier molecular flexibility index (Phi) is 5.23. The molecule has 1 fully saturated rings. The monoisotopic (exact) mass is 225 g/mol. The first-order valence-corrected chi connectivity index (χ1v) is 5.65. The van der Waals surface area contributed by atoms with Crippen molar-refractivity contribution in [2.75, 3.05) is 33.2 Å². The van der Waals surface area contributed by atoms with Crippen molar-refractivity contribution in [2.24, 2.45) is 0 Å². The van der Waals surface area contributed by atoms with E-state index in [0.29, 0.717) is 32.5 Å². The number of carbonyl (C=O) groups is 1. The van der Waals surface area contributed by atoms with Gasteiger partial charge in [-0.3, -0.25) is 4.79 Å². The van der Waals surface area contributed by atoms with Gasteiger partial charge in [0, 0.05) is 39.6 Å². The average molecular weight is 225 g/mol. The summed E-state index contributed by atoms with van der Waals surface area (Å²) >= 11 is 0. The zero-order valence-electron chi connectivity index (χ0n) is 9.72. The Hall–Kier alpha value is -1.12. The SMILES string of the molecule is CN(CCC#N)C(=O)CCN1CCC(O)C1. The van der Waals surface area contributed by atoms with Crippen LogP contribution in [0.25, 0.3) is 0 Å². The molecule has 1 atom stereocenters. The molecule has 1 heterocycles. The predicted molar refractivity (Wildman–Crippen MR) is 59.5 cm³/mol. The fourth-order valence-electron chi connectivity index (χ4n) is 1.80. The first-order valence-electron chi connectivity index (χ1n) is 5.65. The van der Waals surface area contributed by atoms with E-state index in [-0.39, 0.29) is 12.0 Å². The van der Waals surface area contributed by atoms with Crippen LogP contribution < -0.4 is 0 Å². The summed E-state index contributed by atoms with van der Waals surface area (Å²) in [6, 6.07) is 2.02. The van der Waals surface area contributed by atoms with Crippen LogP contribution in [0.1, 0.15) is 19.3 Å². The lowest BCUT2D eigenvalue weighted by Gasteiger charge is -2.18. The number of carbonyl (C=O) groups excluding carboxylic acids is 1. The van der Waals surface area contributed by atoms with E-state index in [1.807, 2.05) is 6.07 Å². The van der Waals surface area contributed by atoms with Gasteiger partial charge in [0.05, 0.1) is 18.6 Å². The first kappa shape index (κ1) is 12.9. The Morgan fingerprint density at radius 1 is 1.69 bits per heavy atom. The molecule has 1 amide bonds. The quantitative estimate of drug-likeness (QED) is 0.704. The molecule has 1 N–H and O–H groups in total. The highest BCUT2D eigenvalue weighted by Crippen LogP contribution is 2.09. The van der Waals surface area contributed by atoms with Gasteiger partial charge < -0.3 is 14.9 Å². The highest BCUT2D eigenvalue weighted by atomic mass is 16.3. The number of likely N-dealkylation sites (tertiary alicyclic amines) is 1. The Bertz CT molecular complexity index is 275. The van der Waals surface area contributed by atoms with E-state index in [4.69, 9.17) is 5.26 Å². The lowest BCUT2D eigenvalue weighted by Crippen LogP contribution is -2.32. The van der Waals surface area contributed by atoms with Crippen molar-refractivity contribution < 1.29 is 9.90 Å². The van der Waals surface area contributed by atoms with E-state index in [0.717, 1.165) is 13.0 Å². The Morgan fingerprint density at radius 3 is 3.00 bits per heavy atom. The van der Waals surface area contributed by atoms with Crippen LogP contribution in [0.4, 0.5) is 0 Å². The molecule has 0 radical (unpaired) electrons. The summed E-state index contributed by atoms with van der Waals surface area (Å²) in [5.41, 5.74) is 0. The summed E-state index contributed by atoms with van der Waals surface area (Å²) in [7, 11) is 1.72. The predicted octanol–water partition coefficient (Wildman–Crippen LogP) is -0.185. The standard InChI is InChI=1S/C11H19N3O2/c1-13(6-2-5-12)11(16)4-8-14-7-3-10(15)9-14/h10,15H,2-4,6-9H2,1H3. The molecule has 1 aliphatic heterocycles. The molecular formula is C11H19N3O2. The summed E-state index contributed by atoms with van der Waals surface area (Å²) in [6.45, 7) is 2.75. The van der Waals surface area contributed by atoms with E-state index >= 15 is 0 Å². The van der Waals surface area contributed by atoms with Crippen molar-refractivity contribution in [3.05, 3.63) is 0 Å². The highest BCUT2D eigenvalue weighted by molar-refractivity contribution is 5.76. The van der Waals surface area contributed by atoms with Gasteiger partial charge in [0.25, 0.3) is 0 Å². The van der Waals surface area contributed by atoms with Crippen LogP contribution in [0.5, 0.6) is 0 Å². The smallest absolute Gasteiger partial charge is 0.223 e. The molecule has 1 unspecified atom stereocenters. The minimum atomic E-state index is -0.230. The topological polar surface area (TPSA) is 67.6 Å². The van der Waals surface area contributed by atoms with Gasteiger partial charge in [-0.15, -0.1) is 0 Å². The number of hydrogen-bond donors (Lipinski definition) is 1. The summed E-state index contributed by atoms with van der Waals surface area (Å²) in [6.07, 6.45) is 1.42. The summed E-state index contributed by atoms with van der Waals surface area (Å²) in [5.74, 6) is 0.0663. The van der Waals surface area contributed by atoms with Gasteiger partial charge in [-0.1, -0.05) is 0 Å². The van der Waals surface area contributed by atoms with E-state index in [2.05, 4.69) is 4.90 Å². The fourth-order valence-corrected chi connectivity index (χ4v) is 1.80. The summed E-state index contributed by atoms with van der Waals surface area (Å²) < 4.78 is 0. The number of rotatable bonds is 5. The third kappa shape index (κ3) is 4.17. The molecule has 0 aromatic carbocycles. The maximum atomic E-state index is 11.6. The third-order valence-corrected chi connectivity index (χ3v) is 2.87. The zero-order chi connectivity index (χ0) is 12.0. The van der Waals surface area contributed by atoms with Gasteiger partial charge in [-0.25, -0.2) is 0 Å². The van der Waals surface area contributed by atoms with Gasteiger partial charge in [-0.2, -0.15) is 5.26 Å². The van der Waals surface area contributed by atoms with Crippen molar-refractivity contribution >= 4 is 5.91 Å². The number of nitrogens with zero attached hydrogens (tertiary/aromatic N) is 3. The largest absolute Gasteiger partial charge is 0.392 e. The maximum absolute atomic E-state index is 11.6. The Balaban J connectivity index is 2.17. The number of aliphatic hydroxyl groups excluding tert-OH is 1. The number of hydrogen-bond acceptors (Lipinski definition) is 4. The highest BCUT2D eigenvalue weighted by Gasteiger charge is 2.20. The molecule has 0 aliphatic carbocycles. The van der Waals surface area contributed by atoms with E-state index in [1.165, 1.54) is 0 Å². The molecule has 90 valence electrons. The average Bonchev–Trinajstić information content (AvgIpc) is 2.68. The molecule has 5 heteroatoms. The van der Waals surface area contributed by atoms with Crippen LogP contribution in [-0.2, 0) is 4.79 Å². The van der Waals surface area contributed by atoms with Crippen molar-refractivity contribution in [2.45, 2.75) is 25.4 Å². The first-order chi connectivity index (χ1) is 7.63. The molecule has 1 saturated heterocycles. The molecule has 0 saturated carbocycles. The normalized spacial score (nSPS) is 20.7. The van der Waals surface area contributed by atoms with Crippen LogP contribution >= 0.6 is 0 Å². The molecule has 0 aromatic rings. The number of amides is 1. The van der Waals surface area contributed by atoms with Crippen molar-refractivity contribution in [1.82, 2.24) is 9.80 Å². The van der Waals surface area contributed by atoms with Gasteiger partial charge >= 0.3 is 0 Å². The van der Waals surface area contributed by atoms with Gasteiger partial charge in [0.15, 0.2) is 0 Å². The molecular weight excluding hydrogens is 206 g/mol. The van der Waals surface area contributed by atoms with Gasteiger partial charge in [0.2, 0.25) is 5.91 Å². The number of nitriles is 1. The van der Waals surface area contributed by atoms with Crippen molar-refractivity contribution in [1.29, 1.82) is 5.26 Å². The third-order valence-electron chi connectivity index (χ3n) is 2.87. The van der Waals surface area contributed by atoms with E-state index in [1.54, 1.807) is 11.9 Å². The molecule has 0 aromatic heterocycles. The molecule has 16 heavy (non-hydrogen) atoms. The molecule has 1 aliphatic rings.